The Kier molecular flexibility index (Phi) is 4.11. The highest BCUT2D eigenvalue weighted by Gasteiger charge is 2.18. The van der Waals surface area contributed by atoms with Crippen molar-refractivity contribution in [2.75, 3.05) is 23.3 Å². The van der Waals surface area contributed by atoms with Gasteiger partial charge in [-0.2, -0.15) is 0 Å². The molecule has 3 amide bonds. The maximum absolute atomic E-state index is 11.5. The van der Waals surface area contributed by atoms with Gasteiger partial charge in [0.25, 0.3) is 5.91 Å². The molecule has 0 bridgehead atoms. The van der Waals surface area contributed by atoms with E-state index in [1.807, 2.05) is 0 Å². The molecule has 1 saturated heterocycles. The monoisotopic (exact) mass is 332 g/mol. The minimum atomic E-state index is -0.758. The zero-order valence-electron chi connectivity index (χ0n) is 12.3. The second-order valence-corrected chi connectivity index (χ2v) is 6.22. The van der Waals surface area contributed by atoms with Crippen molar-refractivity contribution in [3.8, 4) is 10.7 Å². The minimum absolute atomic E-state index is 0.191. The number of carbonyl (C=O) groups excluding carboxylic acids is 2. The molecule has 0 spiro atoms. The van der Waals surface area contributed by atoms with Crippen LogP contribution < -0.4 is 21.7 Å². The number of hydrogen-bond acceptors (Lipinski definition) is 6. The summed E-state index contributed by atoms with van der Waals surface area (Å²) in [6.07, 6.45) is 5.88. The van der Waals surface area contributed by atoms with E-state index < -0.39 is 11.9 Å². The first-order chi connectivity index (χ1) is 11.0. The molecule has 0 radical (unpaired) electrons. The molecular weight excluding hydrogens is 316 g/mol. The lowest BCUT2D eigenvalue weighted by atomic mass is 10.2. The maximum Gasteiger partial charge on any atom is 0.317 e. The van der Waals surface area contributed by atoms with Gasteiger partial charge in [0.15, 0.2) is 5.82 Å². The van der Waals surface area contributed by atoms with Gasteiger partial charge in [-0.05, 0) is 18.9 Å². The van der Waals surface area contributed by atoms with Crippen molar-refractivity contribution in [1.82, 2.24) is 9.97 Å². The van der Waals surface area contributed by atoms with Gasteiger partial charge in [-0.25, -0.2) is 14.8 Å². The molecule has 9 heteroatoms. The highest BCUT2D eigenvalue weighted by molar-refractivity contribution is 7.20. The van der Waals surface area contributed by atoms with Gasteiger partial charge in [-0.15, -0.1) is 11.3 Å². The maximum atomic E-state index is 11.5. The molecule has 1 aliphatic heterocycles. The van der Waals surface area contributed by atoms with E-state index in [0.717, 1.165) is 30.1 Å². The van der Waals surface area contributed by atoms with Crippen LogP contribution in [0.1, 0.15) is 23.2 Å². The number of nitrogens with two attached hydrogens (primary N) is 2. The van der Waals surface area contributed by atoms with Crippen molar-refractivity contribution in [3.05, 3.63) is 24.0 Å². The second kappa shape index (κ2) is 6.21. The van der Waals surface area contributed by atoms with Gasteiger partial charge in [0.1, 0.15) is 5.00 Å². The van der Waals surface area contributed by atoms with Gasteiger partial charge in [-0.3, -0.25) is 10.1 Å². The number of nitrogens with one attached hydrogen (secondary N) is 1. The number of amides is 3. The summed E-state index contributed by atoms with van der Waals surface area (Å²) in [6, 6.07) is 0.801. The van der Waals surface area contributed by atoms with Crippen LogP contribution >= 0.6 is 11.3 Å². The Morgan fingerprint density at radius 3 is 2.39 bits per heavy atom. The van der Waals surface area contributed by atoms with Gasteiger partial charge >= 0.3 is 6.03 Å². The van der Waals surface area contributed by atoms with Crippen LogP contribution in [0.25, 0.3) is 10.7 Å². The fourth-order valence-electron chi connectivity index (χ4n) is 2.48. The van der Waals surface area contributed by atoms with E-state index in [0.29, 0.717) is 15.7 Å². The first-order valence-electron chi connectivity index (χ1n) is 7.12. The Morgan fingerprint density at radius 2 is 1.83 bits per heavy atom. The highest BCUT2D eigenvalue weighted by atomic mass is 32.1. The zero-order chi connectivity index (χ0) is 16.4. The van der Waals surface area contributed by atoms with Crippen molar-refractivity contribution in [3.63, 3.8) is 0 Å². The number of nitrogens with zero attached hydrogens (tertiary/aromatic N) is 3. The first kappa shape index (κ1) is 15.2. The number of aromatic nitrogens is 2. The quantitative estimate of drug-likeness (QED) is 0.779. The number of urea groups is 1. The third-order valence-electron chi connectivity index (χ3n) is 3.56. The molecule has 1 fully saturated rings. The van der Waals surface area contributed by atoms with Crippen molar-refractivity contribution in [1.29, 1.82) is 0 Å². The molecule has 3 rings (SSSR count). The van der Waals surface area contributed by atoms with Crippen LogP contribution in [0.2, 0.25) is 0 Å². The van der Waals surface area contributed by atoms with Gasteiger partial charge in [0.05, 0.1) is 28.5 Å². The summed E-state index contributed by atoms with van der Waals surface area (Å²) in [7, 11) is 0. The number of anilines is 2. The largest absolute Gasteiger partial charge is 0.369 e. The molecule has 1 aliphatic rings. The highest BCUT2D eigenvalue weighted by Crippen LogP contribution is 2.34. The van der Waals surface area contributed by atoms with Crippen LogP contribution in [0.3, 0.4) is 0 Å². The van der Waals surface area contributed by atoms with Gasteiger partial charge in [-0.1, -0.05) is 0 Å². The number of hydrogen-bond donors (Lipinski definition) is 3. The molecule has 120 valence electrons. The van der Waals surface area contributed by atoms with Crippen LogP contribution in [0.15, 0.2) is 18.5 Å². The number of thiophene rings is 1. The molecule has 23 heavy (non-hydrogen) atoms. The van der Waals surface area contributed by atoms with Crippen molar-refractivity contribution in [2.24, 2.45) is 11.5 Å². The average molecular weight is 332 g/mol. The van der Waals surface area contributed by atoms with Crippen LogP contribution in [-0.2, 0) is 0 Å². The molecular formula is C14H16N6O2S. The summed E-state index contributed by atoms with van der Waals surface area (Å²) in [5, 5.41) is 2.69. The molecule has 5 N–H and O–H groups in total. The van der Waals surface area contributed by atoms with E-state index in [-0.39, 0.29) is 5.56 Å². The van der Waals surface area contributed by atoms with Crippen molar-refractivity contribution >= 4 is 34.0 Å². The van der Waals surface area contributed by atoms with E-state index in [2.05, 4.69) is 20.2 Å². The Hall–Kier alpha value is -2.68. The normalized spacial score (nSPS) is 14.0. The molecule has 0 saturated carbocycles. The zero-order valence-corrected chi connectivity index (χ0v) is 13.1. The molecule has 2 aromatic rings. The van der Waals surface area contributed by atoms with E-state index in [4.69, 9.17) is 11.5 Å². The van der Waals surface area contributed by atoms with Crippen molar-refractivity contribution < 1.29 is 9.59 Å². The third-order valence-corrected chi connectivity index (χ3v) is 4.61. The van der Waals surface area contributed by atoms with Gasteiger partial charge < -0.3 is 16.4 Å². The summed E-state index contributed by atoms with van der Waals surface area (Å²) in [6.45, 7) is 2.03. The summed E-state index contributed by atoms with van der Waals surface area (Å²) < 4.78 is 0. The Labute approximate surface area is 136 Å². The standard InChI is InChI=1S/C14H16N6O2S/c15-11(21)9-5-10(23-13(9)19-14(16)22)12-17-6-8(7-18-12)20-3-1-2-4-20/h5-7H,1-4H2,(H2,15,21)(H3,16,19,22). The predicted molar refractivity (Wildman–Crippen MR) is 88.5 cm³/mol. The summed E-state index contributed by atoms with van der Waals surface area (Å²) >= 11 is 1.16. The van der Waals surface area contributed by atoms with Gasteiger partial charge in [0, 0.05) is 13.1 Å². The lowest BCUT2D eigenvalue weighted by Gasteiger charge is -2.16. The molecule has 0 atom stereocenters. The van der Waals surface area contributed by atoms with Crippen LogP contribution in [0.4, 0.5) is 15.5 Å². The van der Waals surface area contributed by atoms with Crippen LogP contribution in [0, 0.1) is 0 Å². The molecule has 0 aromatic carbocycles. The number of carbonyl (C=O) groups is 2. The molecule has 8 nitrogen and oxygen atoms in total. The first-order valence-corrected chi connectivity index (χ1v) is 7.93. The number of primary amides is 2. The van der Waals surface area contributed by atoms with E-state index in [1.165, 1.54) is 12.8 Å². The second-order valence-electron chi connectivity index (χ2n) is 5.17. The van der Waals surface area contributed by atoms with Gasteiger partial charge in [0.2, 0.25) is 0 Å². The SMILES string of the molecule is NC(=O)Nc1sc(-c2ncc(N3CCCC3)cn2)cc1C(N)=O. The van der Waals surface area contributed by atoms with Crippen LogP contribution in [-0.4, -0.2) is 35.0 Å². The van der Waals surface area contributed by atoms with E-state index >= 15 is 0 Å². The number of rotatable bonds is 4. The third kappa shape index (κ3) is 3.24. The smallest absolute Gasteiger partial charge is 0.317 e. The van der Waals surface area contributed by atoms with E-state index in [9.17, 15) is 9.59 Å². The van der Waals surface area contributed by atoms with Crippen LogP contribution in [0.5, 0.6) is 0 Å². The molecule has 3 heterocycles. The Bertz CT molecular complexity index is 736. The summed E-state index contributed by atoms with van der Waals surface area (Å²) in [5.74, 6) is -0.178. The minimum Gasteiger partial charge on any atom is -0.369 e. The fourth-order valence-corrected chi connectivity index (χ4v) is 3.49. The summed E-state index contributed by atoms with van der Waals surface area (Å²) in [4.78, 5) is 34.0. The van der Waals surface area contributed by atoms with E-state index in [1.54, 1.807) is 18.5 Å². The predicted octanol–water partition coefficient (Wildman–Crippen LogP) is 1.39. The average Bonchev–Trinajstić information content (AvgIpc) is 3.16. The molecule has 0 aliphatic carbocycles. The molecule has 2 aromatic heterocycles. The lowest BCUT2D eigenvalue weighted by molar-refractivity contribution is 0.100. The lowest BCUT2D eigenvalue weighted by Crippen LogP contribution is -2.21. The van der Waals surface area contributed by atoms with Crippen molar-refractivity contribution in [2.45, 2.75) is 12.8 Å². The topological polar surface area (TPSA) is 127 Å². The fraction of sp³-hybridized carbons (Fsp3) is 0.286. The molecule has 0 unspecified atom stereocenters. The Morgan fingerprint density at radius 1 is 1.17 bits per heavy atom. The summed E-state index contributed by atoms with van der Waals surface area (Å²) in [5.41, 5.74) is 11.6. The Balaban J connectivity index is 1.88.